The number of fused-ring (bicyclic) bond motifs is 1. The van der Waals surface area contributed by atoms with Gasteiger partial charge in [0.2, 0.25) is 5.95 Å². The highest BCUT2D eigenvalue weighted by molar-refractivity contribution is 5.24. The molecule has 0 saturated heterocycles. The van der Waals surface area contributed by atoms with Crippen LogP contribution in [0.3, 0.4) is 0 Å². The lowest BCUT2D eigenvalue weighted by atomic mass is 10.2. The van der Waals surface area contributed by atoms with Gasteiger partial charge in [0.05, 0.1) is 30.2 Å². The number of hydrogen-bond acceptors (Lipinski definition) is 7. The average molecular weight is 364 g/mol. The van der Waals surface area contributed by atoms with E-state index in [1.165, 1.54) is 5.69 Å². The lowest BCUT2D eigenvalue weighted by Gasteiger charge is -2.27. The molecule has 27 heavy (non-hydrogen) atoms. The van der Waals surface area contributed by atoms with Crippen molar-refractivity contribution >= 4 is 5.95 Å². The maximum Gasteiger partial charge on any atom is 0.222 e. The van der Waals surface area contributed by atoms with Crippen LogP contribution < -0.4 is 5.32 Å². The summed E-state index contributed by atoms with van der Waals surface area (Å²) in [6, 6.07) is 5.96. The van der Waals surface area contributed by atoms with Crippen LogP contribution in [0.25, 0.3) is 0 Å². The molecule has 0 aliphatic carbocycles. The fraction of sp³-hybridized carbons (Fsp3) is 0.421. The van der Waals surface area contributed by atoms with Crippen LogP contribution in [0.2, 0.25) is 0 Å². The summed E-state index contributed by atoms with van der Waals surface area (Å²) in [5.41, 5.74) is 3.30. The van der Waals surface area contributed by atoms with Crippen LogP contribution in [-0.2, 0) is 26.2 Å². The molecule has 8 nitrogen and oxygen atoms in total. The second-order valence-corrected chi connectivity index (χ2v) is 7.05. The number of aromatic nitrogens is 6. The average Bonchev–Trinajstić information content (AvgIpc) is 3.09. The summed E-state index contributed by atoms with van der Waals surface area (Å²) in [5, 5.41) is 7.90. The first kappa shape index (κ1) is 17.5. The van der Waals surface area contributed by atoms with E-state index in [0.717, 1.165) is 43.4 Å². The molecule has 3 aromatic heterocycles. The SMILES string of the molecule is CC(C)c1nccc(CN2CCn3nc(CNc4ncccn4)cc3C2)n1. The Morgan fingerprint density at radius 3 is 2.74 bits per heavy atom. The van der Waals surface area contributed by atoms with Crippen LogP contribution in [-0.4, -0.2) is 41.2 Å². The smallest absolute Gasteiger partial charge is 0.222 e. The summed E-state index contributed by atoms with van der Waals surface area (Å²) in [6.45, 7) is 8.41. The van der Waals surface area contributed by atoms with E-state index in [9.17, 15) is 0 Å². The third kappa shape index (κ3) is 4.28. The molecule has 8 heteroatoms. The topological polar surface area (TPSA) is 84.7 Å². The van der Waals surface area contributed by atoms with Crippen molar-refractivity contribution in [2.45, 2.75) is 45.9 Å². The van der Waals surface area contributed by atoms with Crippen molar-refractivity contribution < 1.29 is 0 Å². The quantitative estimate of drug-likeness (QED) is 0.718. The van der Waals surface area contributed by atoms with Gasteiger partial charge in [-0.05, 0) is 18.2 Å². The number of rotatable bonds is 6. The fourth-order valence-electron chi connectivity index (χ4n) is 3.17. The zero-order chi connectivity index (χ0) is 18.6. The number of nitrogens with one attached hydrogen (secondary N) is 1. The highest BCUT2D eigenvalue weighted by Crippen LogP contribution is 2.17. The summed E-state index contributed by atoms with van der Waals surface area (Å²) in [5.74, 6) is 1.87. The Labute approximate surface area is 158 Å². The van der Waals surface area contributed by atoms with E-state index in [0.29, 0.717) is 18.4 Å². The van der Waals surface area contributed by atoms with Gasteiger partial charge in [-0.3, -0.25) is 9.58 Å². The van der Waals surface area contributed by atoms with Gasteiger partial charge in [0.15, 0.2) is 0 Å². The predicted octanol–water partition coefficient (Wildman–Crippen LogP) is 2.21. The lowest BCUT2D eigenvalue weighted by molar-refractivity contribution is 0.202. The Kier molecular flexibility index (Phi) is 5.06. The van der Waals surface area contributed by atoms with Gasteiger partial charge in [-0.15, -0.1) is 0 Å². The lowest BCUT2D eigenvalue weighted by Crippen LogP contribution is -2.33. The summed E-state index contributed by atoms with van der Waals surface area (Å²) < 4.78 is 2.10. The van der Waals surface area contributed by atoms with Crippen LogP contribution in [0.1, 0.15) is 42.7 Å². The van der Waals surface area contributed by atoms with E-state index in [2.05, 4.69) is 49.8 Å². The third-order valence-corrected chi connectivity index (χ3v) is 4.55. The van der Waals surface area contributed by atoms with E-state index < -0.39 is 0 Å². The Balaban J connectivity index is 1.38. The number of nitrogens with zero attached hydrogens (tertiary/aromatic N) is 7. The van der Waals surface area contributed by atoms with E-state index >= 15 is 0 Å². The van der Waals surface area contributed by atoms with Crippen LogP contribution in [0.4, 0.5) is 5.95 Å². The molecule has 1 aliphatic heterocycles. The van der Waals surface area contributed by atoms with Crippen molar-refractivity contribution in [1.29, 1.82) is 0 Å². The Morgan fingerprint density at radius 2 is 1.93 bits per heavy atom. The van der Waals surface area contributed by atoms with Gasteiger partial charge in [0.25, 0.3) is 0 Å². The normalized spacial score (nSPS) is 14.3. The summed E-state index contributed by atoms with van der Waals surface area (Å²) in [4.78, 5) is 19.8. The molecule has 0 atom stereocenters. The zero-order valence-corrected chi connectivity index (χ0v) is 15.7. The van der Waals surface area contributed by atoms with Crippen molar-refractivity contribution in [2.24, 2.45) is 0 Å². The molecule has 1 N–H and O–H groups in total. The molecule has 3 aromatic rings. The standard InChI is InChI=1S/C19H24N8/c1-14(2)18-20-7-4-15(24-18)12-26-8-9-27-17(13-26)10-16(25-27)11-23-19-21-5-3-6-22-19/h3-7,10,14H,8-9,11-13H2,1-2H3,(H,21,22,23). The van der Waals surface area contributed by atoms with Gasteiger partial charge >= 0.3 is 0 Å². The van der Waals surface area contributed by atoms with Crippen LogP contribution in [0.15, 0.2) is 36.8 Å². The molecule has 4 heterocycles. The molecule has 4 rings (SSSR count). The molecule has 0 radical (unpaired) electrons. The van der Waals surface area contributed by atoms with Crippen molar-refractivity contribution in [3.05, 3.63) is 59.7 Å². The van der Waals surface area contributed by atoms with E-state index in [-0.39, 0.29) is 0 Å². The molecular weight excluding hydrogens is 340 g/mol. The van der Waals surface area contributed by atoms with E-state index in [4.69, 9.17) is 10.1 Å². The third-order valence-electron chi connectivity index (χ3n) is 4.55. The zero-order valence-electron chi connectivity index (χ0n) is 15.7. The summed E-state index contributed by atoms with van der Waals surface area (Å²) in [6.07, 6.45) is 5.31. The molecule has 0 spiro atoms. The molecule has 0 amide bonds. The largest absolute Gasteiger partial charge is 0.348 e. The first-order valence-electron chi connectivity index (χ1n) is 9.28. The minimum atomic E-state index is 0.344. The monoisotopic (exact) mass is 364 g/mol. The maximum absolute atomic E-state index is 4.69. The van der Waals surface area contributed by atoms with Crippen LogP contribution >= 0.6 is 0 Å². The van der Waals surface area contributed by atoms with Crippen molar-refractivity contribution in [1.82, 2.24) is 34.6 Å². The van der Waals surface area contributed by atoms with Crippen molar-refractivity contribution in [3.63, 3.8) is 0 Å². The number of hydrogen-bond donors (Lipinski definition) is 1. The van der Waals surface area contributed by atoms with Gasteiger partial charge in [-0.1, -0.05) is 13.8 Å². The molecule has 0 unspecified atom stereocenters. The van der Waals surface area contributed by atoms with E-state index in [1.54, 1.807) is 18.5 Å². The first-order chi connectivity index (χ1) is 13.2. The van der Waals surface area contributed by atoms with Crippen LogP contribution in [0, 0.1) is 0 Å². The second kappa shape index (κ2) is 7.79. The fourth-order valence-corrected chi connectivity index (χ4v) is 3.17. The van der Waals surface area contributed by atoms with Gasteiger partial charge in [0.1, 0.15) is 5.82 Å². The Morgan fingerprint density at radius 1 is 1.07 bits per heavy atom. The maximum atomic E-state index is 4.69. The Bertz CT molecular complexity index is 890. The Hall–Kier alpha value is -2.87. The van der Waals surface area contributed by atoms with Gasteiger partial charge in [0, 0.05) is 44.1 Å². The molecule has 140 valence electrons. The van der Waals surface area contributed by atoms with Crippen LogP contribution in [0.5, 0.6) is 0 Å². The number of anilines is 1. The predicted molar refractivity (Wildman–Crippen MR) is 102 cm³/mol. The molecule has 0 aromatic carbocycles. The second-order valence-electron chi connectivity index (χ2n) is 7.05. The highest BCUT2D eigenvalue weighted by atomic mass is 15.3. The minimum absolute atomic E-state index is 0.344. The van der Waals surface area contributed by atoms with E-state index in [1.807, 2.05) is 12.3 Å². The highest BCUT2D eigenvalue weighted by Gasteiger charge is 2.19. The summed E-state index contributed by atoms with van der Waals surface area (Å²) in [7, 11) is 0. The molecule has 0 fully saturated rings. The summed E-state index contributed by atoms with van der Waals surface area (Å²) >= 11 is 0. The van der Waals surface area contributed by atoms with Crippen molar-refractivity contribution in [3.8, 4) is 0 Å². The first-order valence-corrected chi connectivity index (χ1v) is 9.28. The van der Waals surface area contributed by atoms with Gasteiger partial charge < -0.3 is 5.32 Å². The molecular formula is C19H24N8. The molecule has 0 saturated carbocycles. The molecule has 1 aliphatic rings. The van der Waals surface area contributed by atoms with Crippen molar-refractivity contribution in [2.75, 3.05) is 11.9 Å². The minimum Gasteiger partial charge on any atom is -0.348 e. The van der Waals surface area contributed by atoms with Gasteiger partial charge in [-0.25, -0.2) is 19.9 Å². The molecule has 0 bridgehead atoms. The van der Waals surface area contributed by atoms with Gasteiger partial charge in [-0.2, -0.15) is 5.10 Å².